The monoisotopic (exact) mass is 298 g/mol. The molecule has 0 aromatic heterocycles. The number of alkyl halides is 1. The molecule has 1 aliphatic heterocycles. The summed E-state index contributed by atoms with van der Waals surface area (Å²) in [5, 5.41) is 0.841. The van der Waals surface area contributed by atoms with E-state index in [1.807, 2.05) is 0 Å². The van der Waals surface area contributed by atoms with Crippen LogP contribution in [0.15, 0.2) is 24.3 Å². The van der Waals surface area contributed by atoms with Gasteiger partial charge in [0.1, 0.15) is 0 Å². The fourth-order valence-electron chi connectivity index (χ4n) is 2.12. The lowest BCUT2D eigenvalue weighted by Crippen LogP contribution is -2.25. The summed E-state index contributed by atoms with van der Waals surface area (Å²) in [4.78, 5) is 0. The first-order valence-corrected chi connectivity index (χ1v) is 7.27. The van der Waals surface area contributed by atoms with Crippen molar-refractivity contribution < 1.29 is 9.47 Å². The van der Waals surface area contributed by atoms with Crippen LogP contribution in [0.2, 0.25) is 0 Å². The average molecular weight is 299 g/mol. The summed E-state index contributed by atoms with van der Waals surface area (Å²) in [6, 6.07) is 8.54. The molecular formula is C14H19BrO2. The smallest absolute Gasteiger partial charge is 0.0925 e. The summed E-state index contributed by atoms with van der Waals surface area (Å²) in [6.07, 6.45) is 2.51. The van der Waals surface area contributed by atoms with Gasteiger partial charge in [0, 0.05) is 18.5 Å². The molecule has 1 aromatic carbocycles. The predicted molar refractivity (Wildman–Crippen MR) is 72.6 cm³/mol. The van der Waals surface area contributed by atoms with Crippen LogP contribution in [0.25, 0.3) is 0 Å². The molecule has 1 atom stereocenters. The molecule has 0 saturated carbocycles. The third-order valence-electron chi connectivity index (χ3n) is 3.08. The molecule has 2 nitrogen and oxygen atoms in total. The number of hydrogen-bond acceptors (Lipinski definition) is 2. The van der Waals surface area contributed by atoms with E-state index in [0.717, 1.165) is 31.4 Å². The highest BCUT2D eigenvalue weighted by molar-refractivity contribution is 9.09. The van der Waals surface area contributed by atoms with Gasteiger partial charge in [0.15, 0.2) is 0 Å². The van der Waals surface area contributed by atoms with Gasteiger partial charge in [-0.3, -0.25) is 0 Å². The molecule has 1 heterocycles. The van der Waals surface area contributed by atoms with E-state index in [4.69, 9.17) is 9.47 Å². The maximum Gasteiger partial charge on any atom is 0.0925 e. The lowest BCUT2D eigenvalue weighted by atomic mass is 10.1. The highest BCUT2D eigenvalue weighted by Gasteiger charge is 2.20. The molecule has 94 valence electrons. The Labute approximate surface area is 111 Å². The number of aryl methyl sites for hydroxylation is 1. The zero-order valence-electron chi connectivity index (χ0n) is 10.2. The van der Waals surface area contributed by atoms with Crippen molar-refractivity contribution in [3.8, 4) is 0 Å². The number of rotatable bonds is 4. The van der Waals surface area contributed by atoms with Crippen LogP contribution in [0.5, 0.6) is 0 Å². The van der Waals surface area contributed by atoms with E-state index in [0.29, 0.717) is 6.10 Å². The Kier molecular flexibility index (Phi) is 5.01. The van der Waals surface area contributed by atoms with Gasteiger partial charge in [-0.1, -0.05) is 45.8 Å². The molecule has 0 aliphatic carbocycles. The first kappa shape index (κ1) is 13.1. The van der Waals surface area contributed by atoms with Crippen molar-refractivity contribution in [1.82, 2.24) is 0 Å². The number of halogens is 1. The first-order chi connectivity index (χ1) is 8.29. The van der Waals surface area contributed by atoms with Crippen LogP contribution in [0, 0.1) is 6.92 Å². The normalized spacial score (nSPS) is 19.2. The molecule has 0 spiro atoms. The van der Waals surface area contributed by atoms with E-state index in [2.05, 4.69) is 47.1 Å². The molecule has 1 fully saturated rings. The second-order valence-electron chi connectivity index (χ2n) is 4.50. The second kappa shape index (κ2) is 6.53. The van der Waals surface area contributed by atoms with Crippen molar-refractivity contribution in [3.05, 3.63) is 35.4 Å². The highest BCUT2D eigenvalue weighted by Crippen LogP contribution is 2.25. The minimum absolute atomic E-state index is 0.151. The molecule has 2 rings (SSSR count). The molecule has 1 unspecified atom stereocenters. The maximum atomic E-state index is 6.15. The SMILES string of the molecule is Cc1cccc(C(CBr)OC2CCOCC2)c1. The first-order valence-electron chi connectivity index (χ1n) is 6.15. The zero-order chi connectivity index (χ0) is 12.1. The summed E-state index contributed by atoms with van der Waals surface area (Å²) < 4.78 is 11.5. The van der Waals surface area contributed by atoms with Gasteiger partial charge in [0.25, 0.3) is 0 Å². The Balaban J connectivity index is 2.00. The Morgan fingerprint density at radius 3 is 2.82 bits per heavy atom. The Morgan fingerprint density at radius 2 is 2.18 bits per heavy atom. The van der Waals surface area contributed by atoms with Gasteiger partial charge in [0.05, 0.1) is 12.2 Å². The topological polar surface area (TPSA) is 18.5 Å². The molecule has 1 saturated heterocycles. The number of hydrogen-bond donors (Lipinski definition) is 0. The fraction of sp³-hybridized carbons (Fsp3) is 0.571. The molecule has 1 aliphatic rings. The van der Waals surface area contributed by atoms with Gasteiger partial charge >= 0.3 is 0 Å². The van der Waals surface area contributed by atoms with Gasteiger partial charge < -0.3 is 9.47 Å². The average Bonchev–Trinajstić information content (AvgIpc) is 2.37. The quantitative estimate of drug-likeness (QED) is 0.791. The summed E-state index contributed by atoms with van der Waals surface area (Å²) in [6.45, 7) is 3.77. The molecule has 0 N–H and O–H groups in total. The zero-order valence-corrected chi connectivity index (χ0v) is 11.8. The lowest BCUT2D eigenvalue weighted by molar-refractivity contribution is -0.0616. The van der Waals surface area contributed by atoms with Gasteiger partial charge in [-0.25, -0.2) is 0 Å². The molecular weight excluding hydrogens is 280 g/mol. The molecule has 0 radical (unpaired) electrons. The third-order valence-corrected chi connectivity index (χ3v) is 3.67. The van der Waals surface area contributed by atoms with Crippen LogP contribution in [0.1, 0.15) is 30.1 Å². The standard InChI is InChI=1S/C14H19BrO2/c1-11-3-2-4-12(9-11)14(10-15)17-13-5-7-16-8-6-13/h2-4,9,13-14H,5-8,10H2,1H3. The van der Waals surface area contributed by atoms with Crippen molar-refractivity contribution in [3.63, 3.8) is 0 Å². The minimum Gasteiger partial charge on any atom is -0.381 e. The van der Waals surface area contributed by atoms with Crippen LogP contribution in [-0.2, 0) is 9.47 Å². The third kappa shape index (κ3) is 3.80. The summed E-state index contributed by atoms with van der Waals surface area (Å²) in [5.41, 5.74) is 2.54. The van der Waals surface area contributed by atoms with Crippen molar-refractivity contribution >= 4 is 15.9 Å². The van der Waals surface area contributed by atoms with E-state index in [1.165, 1.54) is 11.1 Å². The molecule has 0 bridgehead atoms. The van der Waals surface area contributed by atoms with E-state index in [9.17, 15) is 0 Å². The van der Waals surface area contributed by atoms with Crippen LogP contribution in [0.4, 0.5) is 0 Å². The predicted octanol–water partition coefficient (Wildman–Crippen LogP) is 3.63. The van der Waals surface area contributed by atoms with E-state index in [1.54, 1.807) is 0 Å². The molecule has 3 heteroatoms. The van der Waals surface area contributed by atoms with Crippen LogP contribution in [0.3, 0.4) is 0 Å². The van der Waals surface area contributed by atoms with Crippen molar-refractivity contribution in [2.75, 3.05) is 18.5 Å². The van der Waals surface area contributed by atoms with Gasteiger partial charge in [-0.2, -0.15) is 0 Å². The highest BCUT2D eigenvalue weighted by atomic mass is 79.9. The summed E-state index contributed by atoms with van der Waals surface area (Å²) in [5.74, 6) is 0. The Morgan fingerprint density at radius 1 is 1.41 bits per heavy atom. The van der Waals surface area contributed by atoms with Crippen LogP contribution >= 0.6 is 15.9 Å². The fourth-order valence-corrected chi connectivity index (χ4v) is 2.65. The number of ether oxygens (including phenoxy) is 2. The Hall–Kier alpha value is -0.380. The van der Waals surface area contributed by atoms with Gasteiger partial charge in [-0.05, 0) is 25.3 Å². The van der Waals surface area contributed by atoms with Crippen molar-refractivity contribution in [2.24, 2.45) is 0 Å². The lowest BCUT2D eigenvalue weighted by Gasteiger charge is -2.27. The summed E-state index contributed by atoms with van der Waals surface area (Å²) >= 11 is 3.55. The van der Waals surface area contributed by atoms with Crippen LogP contribution in [-0.4, -0.2) is 24.6 Å². The minimum atomic E-state index is 0.151. The van der Waals surface area contributed by atoms with Gasteiger partial charge in [0.2, 0.25) is 0 Å². The number of benzene rings is 1. The molecule has 0 amide bonds. The van der Waals surface area contributed by atoms with Crippen molar-refractivity contribution in [2.45, 2.75) is 32.0 Å². The van der Waals surface area contributed by atoms with Crippen LogP contribution < -0.4 is 0 Å². The molecule has 17 heavy (non-hydrogen) atoms. The molecule has 1 aromatic rings. The maximum absolute atomic E-state index is 6.15. The second-order valence-corrected chi connectivity index (χ2v) is 5.15. The van der Waals surface area contributed by atoms with E-state index in [-0.39, 0.29) is 6.10 Å². The van der Waals surface area contributed by atoms with Gasteiger partial charge in [-0.15, -0.1) is 0 Å². The van der Waals surface area contributed by atoms with E-state index < -0.39 is 0 Å². The van der Waals surface area contributed by atoms with Crippen molar-refractivity contribution in [1.29, 1.82) is 0 Å². The van der Waals surface area contributed by atoms with E-state index >= 15 is 0 Å². The largest absolute Gasteiger partial charge is 0.381 e. The summed E-state index contributed by atoms with van der Waals surface area (Å²) in [7, 11) is 0. The Bertz CT molecular complexity index is 348.